The van der Waals surface area contributed by atoms with Gasteiger partial charge >= 0.3 is 15.1 Å². The maximum Gasteiger partial charge on any atom is 1.20 e. The number of hydrogen-bond acceptors (Lipinski definition) is 7. The Kier molecular flexibility index (Phi) is 23.9. The Morgan fingerprint density at radius 3 is 1.44 bits per heavy atom. The van der Waals surface area contributed by atoms with E-state index in [-0.39, 0.29) is 18.6 Å². The van der Waals surface area contributed by atoms with Crippen LogP contribution in [0, 0.1) is 0 Å². The molecule has 0 heterocycles. The predicted molar refractivity (Wildman–Crippen MR) is 143 cm³/mol. The summed E-state index contributed by atoms with van der Waals surface area (Å²) in [6.07, 6.45) is 22.8. The van der Waals surface area contributed by atoms with Crippen LogP contribution in [0.2, 0.25) is 0 Å². The van der Waals surface area contributed by atoms with Crippen LogP contribution in [-0.4, -0.2) is 38.8 Å². The lowest BCUT2D eigenvalue weighted by Crippen LogP contribution is -2.35. The third kappa shape index (κ3) is 22.8. The summed E-state index contributed by atoms with van der Waals surface area (Å²) in [6.45, 7) is 5.41. The normalized spacial score (nSPS) is 10.9. The molecule has 0 aromatic rings. The quantitative estimate of drug-likeness (QED) is 0.0570. The summed E-state index contributed by atoms with van der Waals surface area (Å²) in [5.74, 6) is -2.26. The standard InChI is InChI=1S/C22H40O3.2C3H6O2.Al/c1-2-3-4-5-6-7-8-9-10-11-12-13-14-15-16-17-18-19-21(23)20-22(24)25;2*1-2-3(4)5;/h9-10H,2-8,11-20H2,1H3,(H,24,25);2*2H2,1H3,(H,4,5);/q;;;+3/p-3/b10-9-;;;. The van der Waals surface area contributed by atoms with Gasteiger partial charge in [0.25, 0.3) is 17.9 Å². The Balaban J connectivity index is 3.73. The molecule has 0 saturated heterocycles. The minimum absolute atomic E-state index is 0.0695. The number of hydrogen-bond donors (Lipinski definition) is 0. The first-order valence-electron chi connectivity index (χ1n) is 14.2. The van der Waals surface area contributed by atoms with E-state index >= 15 is 0 Å². The average Bonchev–Trinajstić information content (AvgIpc) is 2.85. The van der Waals surface area contributed by atoms with Crippen LogP contribution < -0.4 is 0 Å². The zero-order valence-corrected chi connectivity index (χ0v) is 24.2. The summed E-state index contributed by atoms with van der Waals surface area (Å²) >= 11 is -3.27. The first-order valence-corrected chi connectivity index (χ1v) is 15.6. The van der Waals surface area contributed by atoms with Crippen LogP contribution in [0.5, 0.6) is 0 Å². The Morgan fingerprint density at radius 2 is 0.972 bits per heavy atom. The Bertz CT molecular complexity index is 615. The lowest BCUT2D eigenvalue weighted by atomic mass is 10.0. The van der Waals surface area contributed by atoms with Gasteiger partial charge in [-0.25, -0.2) is 0 Å². The largest absolute Gasteiger partial charge is 1.20 e. The summed E-state index contributed by atoms with van der Waals surface area (Å²) in [7, 11) is 0. The van der Waals surface area contributed by atoms with Gasteiger partial charge in [-0.3, -0.25) is 19.2 Å². The highest BCUT2D eigenvalue weighted by Crippen LogP contribution is 2.12. The fourth-order valence-corrected chi connectivity index (χ4v) is 4.80. The minimum atomic E-state index is -3.27. The molecule has 0 aromatic heterocycles. The summed E-state index contributed by atoms with van der Waals surface area (Å²) in [4.78, 5) is 46.9. The van der Waals surface area contributed by atoms with Crippen molar-refractivity contribution >= 4 is 38.8 Å². The third-order valence-electron chi connectivity index (χ3n) is 5.82. The SMILES string of the molecule is CCCCCCCC/C=C\CCCCCCCCCC(=O)CC(=O)[O][Al]([O]C(=O)CC)[O]C(=O)CC. The van der Waals surface area contributed by atoms with Gasteiger partial charge in [0.2, 0.25) is 0 Å². The first kappa shape index (κ1) is 34.4. The molecule has 0 aliphatic heterocycles. The molecule has 0 rings (SSSR count). The molecule has 0 bridgehead atoms. The highest BCUT2D eigenvalue weighted by Gasteiger charge is 2.48. The van der Waals surface area contributed by atoms with Crippen molar-refractivity contribution < 1.29 is 30.5 Å². The monoisotopic (exact) mass is 524 g/mol. The summed E-state index contributed by atoms with van der Waals surface area (Å²) < 4.78 is 14.8. The molecule has 0 fully saturated rings. The topological polar surface area (TPSA) is 96.0 Å². The van der Waals surface area contributed by atoms with E-state index in [2.05, 4.69) is 19.1 Å². The van der Waals surface area contributed by atoms with Crippen molar-refractivity contribution in [3.63, 3.8) is 0 Å². The van der Waals surface area contributed by atoms with E-state index in [1.54, 1.807) is 13.8 Å². The van der Waals surface area contributed by atoms with Crippen LogP contribution in [0.4, 0.5) is 0 Å². The highest BCUT2D eigenvalue weighted by atomic mass is 27.3. The van der Waals surface area contributed by atoms with Crippen molar-refractivity contribution in [3.05, 3.63) is 12.2 Å². The molecule has 0 spiro atoms. The fraction of sp³-hybridized carbons (Fsp3) is 0.786. The Labute approximate surface area is 224 Å². The number of Topliss-reactive ketones (excluding diaryl/α,β-unsaturated/α-hetero) is 1. The van der Waals surface area contributed by atoms with Crippen molar-refractivity contribution in [2.45, 2.75) is 143 Å². The number of ketones is 1. The van der Waals surface area contributed by atoms with Crippen LogP contribution in [0.3, 0.4) is 0 Å². The average molecular weight is 525 g/mol. The van der Waals surface area contributed by atoms with Crippen LogP contribution in [0.1, 0.15) is 143 Å². The number of carbonyl (C=O) groups is 4. The number of carbonyl (C=O) groups excluding carboxylic acids is 4. The van der Waals surface area contributed by atoms with Gasteiger partial charge in [0.05, 0.1) is 0 Å². The second-order valence-electron chi connectivity index (χ2n) is 9.22. The van der Waals surface area contributed by atoms with Crippen molar-refractivity contribution in [1.82, 2.24) is 0 Å². The van der Waals surface area contributed by atoms with E-state index in [0.29, 0.717) is 6.42 Å². The Morgan fingerprint density at radius 1 is 0.556 bits per heavy atom. The molecule has 0 aliphatic carbocycles. The van der Waals surface area contributed by atoms with Gasteiger partial charge in [0, 0.05) is 19.3 Å². The van der Waals surface area contributed by atoms with E-state index in [4.69, 9.17) is 11.4 Å². The first-order chi connectivity index (χ1) is 17.4. The Hall–Kier alpha value is -1.65. The van der Waals surface area contributed by atoms with E-state index in [1.165, 1.54) is 70.6 Å². The summed E-state index contributed by atoms with van der Waals surface area (Å²) in [5, 5.41) is 0. The van der Waals surface area contributed by atoms with Gasteiger partial charge in [0.1, 0.15) is 12.2 Å². The molecule has 206 valence electrons. The van der Waals surface area contributed by atoms with Gasteiger partial charge in [0.15, 0.2) is 0 Å². The van der Waals surface area contributed by atoms with Crippen molar-refractivity contribution in [3.8, 4) is 0 Å². The van der Waals surface area contributed by atoms with E-state index < -0.39 is 39.5 Å². The molecule has 0 unspecified atom stereocenters. The van der Waals surface area contributed by atoms with Crippen molar-refractivity contribution in [1.29, 1.82) is 0 Å². The van der Waals surface area contributed by atoms with Crippen LogP contribution in [0.25, 0.3) is 0 Å². The van der Waals surface area contributed by atoms with Gasteiger partial charge in [-0.1, -0.05) is 97.1 Å². The second kappa shape index (κ2) is 25.0. The fourth-order valence-electron chi connectivity index (χ4n) is 3.60. The van der Waals surface area contributed by atoms with Crippen LogP contribution in [-0.2, 0) is 30.5 Å². The smallest absolute Gasteiger partial charge is 0.551 e. The van der Waals surface area contributed by atoms with Gasteiger partial charge in [-0.15, -0.1) is 0 Å². The lowest BCUT2D eigenvalue weighted by molar-refractivity contribution is -0.148. The molecule has 0 radical (unpaired) electrons. The van der Waals surface area contributed by atoms with Gasteiger partial charge in [-0.2, -0.15) is 0 Å². The lowest BCUT2D eigenvalue weighted by Gasteiger charge is -2.12. The maximum atomic E-state index is 12.0. The van der Waals surface area contributed by atoms with E-state index in [1.807, 2.05) is 0 Å². The zero-order valence-electron chi connectivity index (χ0n) is 23.0. The number of rotatable bonds is 24. The van der Waals surface area contributed by atoms with Crippen LogP contribution >= 0.6 is 0 Å². The third-order valence-corrected chi connectivity index (χ3v) is 7.19. The summed E-state index contributed by atoms with van der Waals surface area (Å²) in [5.41, 5.74) is 0. The molecule has 0 N–H and O–H groups in total. The van der Waals surface area contributed by atoms with Crippen molar-refractivity contribution in [2.75, 3.05) is 0 Å². The molecule has 0 amide bonds. The summed E-state index contributed by atoms with van der Waals surface area (Å²) in [6, 6.07) is 0. The van der Waals surface area contributed by atoms with Gasteiger partial charge in [-0.05, 0) is 32.1 Å². The van der Waals surface area contributed by atoms with E-state index in [9.17, 15) is 19.2 Å². The van der Waals surface area contributed by atoms with E-state index in [0.717, 1.165) is 25.7 Å². The second-order valence-corrected chi connectivity index (χ2v) is 10.5. The molecular weight excluding hydrogens is 475 g/mol. The molecule has 0 aromatic carbocycles. The van der Waals surface area contributed by atoms with Gasteiger partial charge < -0.3 is 11.4 Å². The highest BCUT2D eigenvalue weighted by molar-refractivity contribution is 6.44. The predicted octanol–water partition coefficient (Wildman–Crippen LogP) is 7.20. The molecule has 8 heteroatoms. The number of unbranched alkanes of at least 4 members (excludes halogenated alkanes) is 13. The zero-order chi connectivity index (χ0) is 26.9. The number of allylic oxidation sites excluding steroid dienone is 2. The molecule has 36 heavy (non-hydrogen) atoms. The van der Waals surface area contributed by atoms with Crippen molar-refractivity contribution in [2.24, 2.45) is 0 Å². The maximum absolute atomic E-state index is 12.0. The molecule has 7 nitrogen and oxygen atoms in total. The molecule has 0 saturated carbocycles. The molecular formula is C28H49AlO7. The van der Waals surface area contributed by atoms with Crippen LogP contribution in [0.15, 0.2) is 12.2 Å². The minimum Gasteiger partial charge on any atom is -0.551 e. The molecule has 0 atom stereocenters. The molecule has 0 aliphatic rings.